The van der Waals surface area contributed by atoms with Crippen molar-refractivity contribution in [2.45, 2.75) is 12.8 Å². The topological polar surface area (TPSA) is 79.9 Å². The molecule has 0 saturated carbocycles. The number of methoxy groups -OCH3 is 2. The summed E-state index contributed by atoms with van der Waals surface area (Å²) in [5, 5.41) is 5.73. The van der Waals surface area contributed by atoms with Crippen LogP contribution in [-0.4, -0.2) is 50.7 Å². The molecule has 1 aliphatic heterocycles. The number of nitrogens with zero attached hydrogens (tertiary/aromatic N) is 1. The Labute approximate surface area is 175 Å². The number of piperidine rings is 1. The number of halogens is 1. The van der Waals surface area contributed by atoms with Crippen molar-refractivity contribution >= 4 is 17.6 Å². The Bertz CT molecular complexity index is 898. The number of urea groups is 1. The zero-order valence-electron chi connectivity index (χ0n) is 17.1. The number of carbonyl (C=O) groups excluding carboxylic acids is 2. The summed E-state index contributed by atoms with van der Waals surface area (Å²) in [6.07, 6.45) is 1.55. The van der Waals surface area contributed by atoms with Crippen molar-refractivity contribution in [2.24, 2.45) is 5.92 Å². The van der Waals surface area contributed by atoms with Crippen molar-refractivity contribution < 1.29 is 23.5 Å². The summed E-state index contributed by atoms with van der Waals surface area (Å²) in [6.45, 7) is 1.67. The first-order valence-electron chi connectivity index (χ1n) is 9.82. The molecule has 2 aromatic rings. The van der Waals surface area contributed by atoms with Crippen LogP contribution in [-0.2, 0) is 0 Å². The molecular weight excluding hydrogens is 389 g/mol. The normalized spacial score (nSPS) is 14.2. The highest BCUT2D eigenvalue weighted by atomic mass is 19.1. The van der Waals surface area contributed by atoms with Crippen LogP contribution in [0.1, 0.15) is 23.2 Å². The maximum Gasteiger partial charge on any atom is 0.321 e. The Morgan fingerprint density at radius 3 is 2.43 bits per heavy atom. The molecule has 0 bridgehead atoms. The second-order valence-corrected chi connectivity index (χ2v) is 7.12. The van der Waals surface area contributed by atoms with Crippen LogP contribution < -0.4 is 20.1 Å². The molecule has 0 aromatic heterocycles. The average molecular weight is 415 g/mol. The molecule has 1 heterocycles. The summed E-state index contributed by atoms with van der Waals surface area (Å²) in [5.41, 5.74) is 0.882. The van der Waals surface area contributed by atoms with E-state index in [0.717, 1.165) is 12.8 Å². The van der Waals surface area contributed by atoms with E-state index in [9.17, 15) is 14.0 Å². The van der Waals surface area contributed by atoms with Gasteiger partial charge in [0.2, 0.25) is 0 Å². The quantitative estimate of drug-likeness (QED) is 0.757. The van der Waals surface area contributed by atoms with E-state index in [4.69, 9.17) is 9.47 Å². The lowest BCUT2D eigenvalue weighted by Gasteiger charge is -2.32. The summed E-state index contributed by atoms with van der Waals surface area (Å²) in [7, 11) is 2.94. The van der Waals surface area contributed by atoms with Crippen LogP contribution in [0.25, 0.3) is 0 Å². The maximum atomic E-state index is 13.8. The molecule has 0 aliphatic carbocycles. The molecule has 8 heteroatoms. The largest absolute Gasteiger partial charge is 0.495 e. The van der Waals surface area contributed by atoms with E-state index in [1.54, 1.807) is 24.1 Å². The van der Waals surface area contributed by atoms with Gasteiger partial charge in [-0.3, -0.25) is 4.79 Å². The molecular formula is C22H26FN3O4. The van der Waals surface area contributed by atoms with Crippen LogP contribution in [0.3, 0.4) is 0 Å². The van der Waals surface area contributed by atoms with Gasteiger partial charge < -0.3 is 25.0 Å². The van der Waals surface area contributed by atoms with Gasteiger partial charge in [0.15, 0.2) is 11.6 Å². The SMILES string of the molecule is COc1ccc(C(=O)NCC2CCN(C(=O)Nc3ccccc3OC)CC2)cc1F. The predicted molar refractivity (Wildman–Crippen MR) is 112 cm³/mol. The number of para-hydroxylation sites is 2. The second kappa shape index (κ2) is 9.96. The van der Waals surface area contributed by atoms with Gasteiger partial charge in [0.05, 0.1) is 19.9 Å². The molecule has 0 unspecified atom stereocenters. The number of hydrogen-bond donors (Lipinski definition) is 2. The molecule has 3 rings (SSSR count). The van der Waals surface area contributed by atoms with Gasteiger partial charge in [0.1, 0.15) is 5.75 Å². The Kier molecular flexibility index (Phi) is 7.11. The summed E-state index contributed by atoms with van der Waals surface area (Å²) >= 11 is 0. The highest BCUT2D eigenvalue weighted by molar-refractivity contribution is 5.94. The monoisotopic (exact) mass is 415 g/mol. The Hall–Kier alpha value is -3.29. The van der Waals surface area contributed by atoms with Gasteiger partial charge in [0, 0.05) is 25.2 Å². The molecule has 160 valence electrons. The molecule has 1 saturated heterocycles. The van der Waals surface area contributed by atoms with E-state index in [2.05, 4.69) is 10.6 Å². The highest BCUT2D eigenvalue weighted by Crippen LogP contribution is 2.24. The number of rotatable bonds is 6. The molecule has 7 nitrogen and oxygen atoms in total. The summed E-state index contributed by atoms with van der Waals surface area (Å²) in [6, 6.07) is 11.2. The minimum absolute atomic E-state index is 0.102. The van der Waals surface area contributed by atoms with Crippen molar-refractivity contribution in [1.82, 2.24) is 10.2 Å². The molecule has 1 aliphatic rings. The number of amides is 3. The lowest BCUT2D eigenvalue weighted by molar-refractivity contribution is 0.0938. The second-order valence-electron chi connectivity index (χ2n) is 7.12. The van der Waals surface area contributed by atoms with E-state index in [0.29, 0.717) is 31.1 Å². The first-order valence-corrected chi connectivity index (χ1v) is 9.82. The van der Waals surface area contributed by atoms with Gasteiger partial charge >= 0.3 is 6.03 Å². The molecule has 30 heavy (non-hydrogen) atoms. The number of anilines is 1. The van der Waals surface area contributed by atoms with Crippen LogP contribution >= 0.6 is 0 Å². The standard InChI is InChI=1S/C22H26FN3O4/c1-29-19-8-7-16(13-17(19)23)21(27)24-14-15-9-11-26(12-10-15)22(28)25-18-5-3-4-6-20(18)30-2/h3-8,13,15H,9-12,14H2,1-2H3,(H,24,27)(H,25,28). The molecule has 2 N–H and O–H groups in total. The number of nitrogens with one attached hydrogen (secondary N) is 2. The first-order chi connectivity index (χ1) is 14.5. The minimum atomic E-state index is -0.570. The maximum absolute atomic E-state index is 13.8. The van der Waals surface area contributed by atoms with E-state index in [1.807, 2.05) is 12.1 Å². The predicted octanol–water partition coefficient (Wildman–Crippen LogP) is 3.52. The van der Waals surface area contributed by atoms with Crippen LogP contribution in [0.4, 0.5) is 14.9 Å². The fourth-order valence-electron chi connectivity index (χ4n) is 3.43. The van der Waals surface area contributed by atoms with Crippen molar-refractivity contribution in [1.29, 1.82) is 0 Å². The van der Waals surface area contributed by atoms with Crippen molar-refractivity contribution in [3.05, 3.63) is 53.8 Å². The highest BCUT2D eigenvalue weighted by Gasteiger charge is 2.24. The lowest BCUT2D eigenvalue weighted by Crippen LogP contribution is -2.43. The van der Waals surface area contributed by atoms with Crippen LogP contribution in [0.15, 0.2) is 42.5 Å². The number of carbonyl (C=O) groups is 2. The number of benzene rings is 2. The van der Waals surface area contributed by atoms with Gasteiger partial charge in [-0.2, -0.15) is 0 Å². The summed E-state index contributed by atoms with van der Waals surface area (Å²) in [4.78, 5) is 26.5. The third kappa shape index (κ3) is 5.20. The molecule has 0 spiro atoms. The third-order valence-corrected chi connectivity index (χ3v) is 5.22. The van der Waals surface area contributed by atoms with Gasteiger partial charge in [-0.25, -0.2) is 9.18 Å². The zero-order valence-corrected chi connectivity index (χ0v) is 17.1. The molecule has 0 atom stereocenters. The molecule has 0 radical (unpaired) electrons. The van der Waals surface area contributed by atoms with E-state index in [1.165, 1.54) is 25.3 Å². The molecule has 3 amide bonds. The molecule has 1 fully saturated rings. The van der Waals surface area contributed by atoms with Gasteiger partial charge in [-0.1, -0.05) is 12.1 Å². The van der Waals surface area contributed by atoms with E-state index in [-0.39, 0.29) is 29.2 Å². The van der Waals surface area contributed by atoms with Crippen LogP contribution in [0.2, 0.25) is 0 Å². The number of hydrogen-bond acceptors (Lipinski definition) is 4. The third-order valence-electron chi connectivity index (χ3n) is 5.22. The van der Waals surface area contributed by atoms with E-state index >= 15 is 0 Å². The average Bonchev–Trinajstić information content (AvgIpc) is 2.78. The number of likely N-dealkylation sites (tertiary alicyclic amines) is 1. The fourth-order valence-corrected chi connectivity index (χ4v) is 3.43. The first kappa shape index (κ1) is 21.4. The van der Waals surface area contributed by atoms with Crippen molar-refractivity contribution in [3.63, 3.8) is 0 Å². The summed E-state index contributed by atoms with van der Waals surface area (Å²) < 4.78 is 23.9. The van der Waals surface area contributed by atoms with Crippen LogP contribution in [0, 0.1) is 11.7 Å². The van der Waals surface area contributed by atoms with Crippen molar-refractivity contribution in [2.75, 3.05) is 39.2 Å². The van der Waals surface area contributed by atoms with E-state index < -0.39 is 5.82 Å². The Morgan fingerprint density at radius 2 is 1.77 bits per heavy atom. The van der Waals surface area contributed by atoms with Gasteiger partial charge in [-0.05, 0) is 49.1 Å². The fraction of sp³-hybridized carbons (Fsp3) is 0.364. The summed E-state index contributed by atoms with van der Waals surface area (Å²) in [5.74, 6) is 0.0727. The minimum Gasteiger partial charge on any atom is -0.495 e. The zero-order chi connectivity index (χ0) is 21.5. The van der Waals surface area contributed by atoms with Crippen molar-refractivity contribution in [3.8, 4) is 11.5 Å². The number of ether oxygens (including phenoxy) is 2. The van der Waals surface area contributed by atoms with Gasteiger partial charge in [-0.15, -0.1) is 0 Å². The van der Waals surface area contributed by atoms with Gasteiger partial charge in [0.25, 0.3) is 5.91 Å². The molecule has 2 aromatic carbocycles. The smallest absolute Gasteiger partial charge is 0.321 e. The Morgan fingerprint density at radius 1 is 1.07 bits per heavy atom. The Balaban J connectivity index is 1.45. The van der Waals surface area contributed by atoms with Crippen LogP contribution in [0.5, 0.6) is 11.5 Å². The lowest BCUT2D eigenvalue weighted by atomic mass is 9.97.